The first-order chi connectivity index (χ1) is 9.19. The van der Waals surface area contributed by atoms with Crippen molar-refractivity contribution in [3.05, 3.63) is 36.2 Å². The number of aryl methyl sites for hydroxylation is 1. The minimum atomic E-state index is 0.306. The molecule has 0 spiro atoms. The van der Waals surface area contributed by atoms with Gasteiger partial charge in [0.1, 0.15) is 12.1 Å². The van der Waals surface area contributed by atoms with Gasteiger partial charge < -0.3 is 10.1 Å². The number of hydrogen-bond donors (Lipinski definition) is 1. The zero-order valence-electron chi connectivity index (χ0n) is 11.6. The van der Waals surface area contributed by atoms with E-state index in [0.717, 1.165) is 18.7 Å². The van der Waals surface area contributed by atoms with Gasteiger partial charge in [0.15, 0.2) is 0 Å². The second-order valence-corrected chi connectivity index (χ2v) is 4.55. The molecule has 1 atom stereocenters. The fourth-order valence-electron chi connectivity index (χ4n) is 1.80. The van der Waals surface area contributed by atoms with E-state index in [1.807, 2.05) is 25.2 Å². The summed E-state index contributed by atoms with van der Waals surface area (Å²) in [7, 11) is 1.81. The summed E-state index contributed by atoms with van der Waals surface area (Å²) >= 11 is 0. The third kappa shape index (κ3) is 3.79. The first-order valence-electron chi connectivity index (χ1n) is 6.56. The molecule has 1 heterocycles. The van der Waals surface area contributed by atoms with Gasteiger partial charge >= 0.3 is 6.01 Å². The van der Waals surface area contributed by atoms with Crippen molar-refractivity contribution in [2.24, 2.45) is 7.05 Å². The molecule has 5 nitrogen and oxygen atoms in total. The van der Waals surface area contributed by atoms with Gasteiger partial charge in [-0.25, -0.2) is 0 Å². The molecule has 19 heavy (non-hydrogen) atoms. The van der Waals surface area contributed by atoms with Crippen molar-refractivity contribution in [1.82, 2.24) is 20.1 Å². The number of hydrogen-bond acceptors (Lipinski definition) is 4. The van der Waals surface area contributed by atoms with E-state index >= 15 is 0 Å². The van der Waals surface area contributed by atoms with E-state index in [-0.39, 0.29) is 0 Å². The summed E-state index contributed by atoms with van der Waals surface area (Å²) in [6, 6.07) is 8.67. The highest BCUT2D eigenvalue weighted by Gasteiger charge is 2.07. The molecule has 5 heteroatoms. The van der Waals surface area contributed by atoms with Gasteiger partial charge in [-0.3, -0.25) is 4.68 Å². The van der Waals surface area contributed by atoms with Crippen molar-refractivity contribution in [1.29, 1.82) is 0 Å². The predicted molar refractivity (Wildman–Crippen MR) is 74.2 cm³/mol. The molecule has 0 aliphatic heterocycles. The number of nitrogens with one attached hydrogen (secondary N) is 1. The Morgan fingerprint density at radius 1 is 1.42 bits per heavy atom. The summed E-state index contributed by atoms with van der Waals surface area (Å²) < 4.78 is 7.24. The minimum Gasteiger partial charge on any atom is -0.423 e. The van der Waals surface area contributed by atoms with Crippen molar-refractivity contribution in [2.75, 3.05) is 6.54 Å². The van der Waals surface area contributed by atoms with E-state index in [2.05, 4.69) is 35.3 Å². The largest absolute Gasteiger partial charge is 0.423 e. The molecule has 2 aromatic rings. The molecule has 0 saturated carbocycles. The highest BCUT2D eigenvalue weighted by molar-refractivity contribution is 5.31. The second-order valence-electron chi connectivity index (χ2n) is 4.55. The van der Waals surface area contributed by atoms with Gasteiger partial charge in [-0.05, 0) is 37.6 Å². The first kappa shape index (κ1) is 13.5. The lowest BCUT2D eigenvalue weighted by atomic mass is 10.1. The lowest BCUT2D eigenvalue weighted by Gasteiger charge is -2.14. The van der Waals surface area contributed by atoms with E-state index in [9.17, 15) is 0 Å². The van der Waals surface area contributed by atoms with Crippen LogP contribution in [0.2, 0.25) is 0 Å². The molecule has 0 saturated heterocycles. The van der Waals surface area contributed by atoms with Gasteiger partial charge in [-0.1, -0.05) is 19.1 Å². The van der Waals surface area contributed by atoms with Crippen molar-refractivity contribution in [3.8, 4) is 11.8 Å². The Hall–Kier alpha value is -1.88. The number of ether oxygens (including phenoxy) is 1. The topological polar surface area (TPSA) is 52.0 Å². The van der Waals surface area contributed by atoms with Gasteiger partial charge in [0.2, 0.25) is 0 Å². The Bertz CT molecular complexity index is 524. The number of rotatable bonds is 6. The molecule has 1 aromatic carbocycles. The van der Waals surface area contributed by atoms with Gasteiger partial charge in [0.25, 0.3) is 0 Å². The average molecular weight is 260 g/mol. The summed E-state index contributed by atoms with van der Waals surface area (Å²) in [4.78, 5) is 4.05. The highest BCUT2D eigenvalue weighted by atomic mass is 16.5. The fraction of sp³-hybridized carbons (Fsp3) is 0.429. The quantitative estimate of drug-likeness (QED) is 0.867. The fourth-order valence-corrected chi connectivity index (χ4v) is 1.80. The molecule has 0 aliphatic rings. The zero-order valence-corrected chi connectivity index (χ0v) is 11.6. The highest BCUT2D eigenvalue weighted by Crippen LogP contribution is 2.22. The van der Waals surface area contributed by atoms with Gasteiger partial charge in [-0.15, -0.1) is 5.10 Å². The maximum atomic E-state index is 5.62. The molecular formula is C14H20N4O. The van der Waals surface area contributed by atoms with Crippen molar-refractivity contribution >= 4 is 0 Å². The monoisotopic (exact) mass is 260 g/mol. The van der Waals surface area contributed by atoms with Crippen LogP contribution in [0.3, 0.4) is 0 Å². The molecule has 0 fully saturated rings. The van der Waals surface area contributed by atoms with Gasteiger partial charge in [0, 0.05) is 13.1 Å². The third-order valence-corrected chi connectivity index (χ3v) is 2.85. The standard InChI is InChI=1S/C14H20N4O/c1-4-8-15-11(2)12-6-5-7-13(9-12)19-14-16-10-18(3)17-14/h5-7,9-11,15H,4,8H2,1-3H3. The number of benzene rings is 1. The SMILES string of the molecule is CCCNC(C)c1cccc(Oc2ncn(C)n2)c1. The minimum absolute atomic E-state index is 0.306. The van der Waals surface area contributed by atoms with E-state index in [0.29, 0.717) is 12.1 Å². The number of nitrogens with zero attached hydrogens (tertiary/aromatic N) is 3. The van der Waals surface area contributed by atoms with Crippen LogP contribution in [-0.2, 0) is 7.05 Å². The Labute approximate surface area is 113 Å². The van der Waals surface area contributed by atoms with Crippen LogP contribution in [0, 0.1) is 0 Å². The molecule has 0 amide bonds. The molecule has 1 N–H and O–H groups in total. The van der Waals surface area contributed by atoms with Crippen LogP contribution in [0.4, 0.5) is 0 Å². The van der Waals surface area contributed by atoms with Crippen LogP contribution in [0.5, 0.6) is 11.8 Å². The molecule has 0 aliphatic carbocycles. The van der Waals surface area contributed by atoms with Crippen LogP contribution in [0.15, 0.2) is 30.6 Å². The molecule has 0 radical (unpaired) electrons. The Morgan fingerprint density at radius 2 is 2.26 bits per heavy atom. The van der Waals surface area contributed by atoms with E-state index in [1.54, 1.807) is 11.0 Å². The van der Waals surface area contributed by atoms with Crippen LogP contribution >= 0.6 is 0 Å². The molecule has 102 valence electrons. The Balaban J connectivity index is 2.06. The lowest BCUT2D eigenvalue weighted by Crippen LogP contribution is -2.19. The number of aromatic nitrogens is 3. The van der Waals surface area contributed by atoms with Crippen LogP contribution in [0.25, 0.3) is 0 Å². The second kappa shape index (κ2) is 6.33. The Morgan fingerprint density at radius 3 is 2.95 bits per heavy atom. The predicted octanol–water partition coefficient (Wildman–Crippen LogP) is 2.67. The Kier molecular flexibility index (Phi) is 4.52. The van der Waals surface area contributed by atoms with Gasteiger partial charge in [-0.2, -0.15) is 4.98 Å². The van der Waals surface area contributed by atoms with Crippen molar-refractivity contribution < 1.29 is 4.74 Å². The molecule has 1 unspecified atom stereocenters. The molecule has 2 rings (SSSR count). The summed E-state index contributed by atoms with van der Waals surface area (Å²) in [6.45, 7) is 5.31. The summed E-state index contributed by atoms with van der Waals surface area (Å²) in [6.07, 6.45) is 2.74. The smallest absolute Gasteiger partial charge is 0.340 e. The van der Waals surface area contributed by atoms with E-state index < -0.39 is 0 Å². The zero-order chi connectivity index (χ0) is 13.7. The lowest BCUT2D eigenvalue weighted by molar-refractivity contribution is 0.437. The van der Waals surface area contributed by atoms with E-state index in [4.69, 9.17) is 4.74 Å². The first-order valence-corrected chi connectivity index (χ1v) is 6.56. The molecular weight excluding hydrogens is 240 g/mol. The van der Waals surface area contributed by atoms with Crippen LogP contribution < -0.4 is 10.1 Å². The maximum Gasteiger partial charge on any atom is 0.340 e. The average Bonchev–Trinajstić information content (AvgIpc) is 2.81. The van der Waals surface area contributed by atoms with Gasteiger partial charge in [0.05, 0.1) is 0 Å². The molecule has 1 aromatic heterocycles. The van der Waals surface area contributed by atoms with Crippen molar-refractivity contribution in [2.45, 2.75) is 26.3 Å². The van der Waals surface area contributed by atoms with Crippen LogP contribution in [-0.4, -0.2) is 21.3 Å². The van der Waals surface area contributed by atoms with E-state index in [1.165, 1.54) is 5.56 Å². The summed E-state index contributed by atoms with van der Waals surface area (Å²) in [5.74, 6) is 0.758. The van der Waals surface area contributed by atoms with Crippen LogP contribution in [0.1, 0.15) is 31.9 Å². The third-order valence-electron chi connectivity index (χ3n) is 2.85. The van der Waals surface area contributed by atoms with Crippen molar-refractivity contribution in [3.63, 3.8) is 0 Å². The molecule has 0 bridgehead atoms. The maximum absolute atomic E-state index is 5.62. The summed E-state index contributed by atoms with van der Waals surface area (Å²) in [5, 5.41) is 7.55. The normalized spacial score (nSPS) is 12.4. The summed E-state index contributed by atoms with van der Waals surface area (Å²) in [5.41, 5.74) is 1.20.